The van der Waals surface area contributed by atoms with E-state index in [4.69, 9.17) is 9.72 Å². The third-order valence-electron chi connectivity index (χ3n) is 6.47. The number of fused-ring (bicyclic) bond motifs is 1. The molecule has 1 aliphatic heterocycles. The molecule has 138 valence electrons. The average molecular weight is 352 g/mol. The van der Waals surface area contributed by atoms with Gasteiger partial charge in [0.15, 0.2) is 0 Å². The molecule has 4 nitrogen and oxygen atoms in total. The second kappa shape index (κ2) is 6.66. The number of hydrogen-bond acceptors (Lipinski definition) is 3. The minimum Gasteiger partial charge on any atom is -0.381 e. The van der Waals surface area contributed by atoms with Crippen molar-refractivity contribution in [2.75, 3.05) is 20.2 Å². The van der Waals surface area contributed by atoms with Gasteiger partial charge in [-0.15, -0.1) is 0 Å². The van der Waals surface area contributed by atoms with Gasteiger partial charge >= 0.3 is 0 Å². The molecule has 1 spiro atoms. The first-order valence-corrected chi connectivity index (χ1v) is 9.73. The SMILES string of the molecule is CO[C@@H]1CCC[C@]12CCCN(C(=O)c1cc3cccc(C)c3nc1C)C2. The van der Waals surface area contributed by atoms with E-state index in [0.29, 0.717) is 0 Å². The van der Waals surface area contributed by atoms with Crippen LogP contribution in [0.2, 0.25) is 0 Å². The number of carbonyl (C=O) groups is 1. The Kier molecular flexibility index (Phi) is 4.47. The molecule has 1 saturated heterocycles. The summed E-state index contributed by atoms with van der Waals surface area (Å²) < 4.78 is 5.78. The van der Waals surface area contributed by atoms with Crippen LogP contribution in [0.1, 0.15) is 53.7 Å². The first-order chi connectivity index (χ1) is 12.5. The van der Waals surface area contributed by atoms with Gasteiger partial charge in [-0.3, -0.25) is 9.78 Å². The Morgan fingerprint density at radius 1 is 1.27 bits per heavy atom. The monoisotopic (exact) mass is 352 g/mol. The number of pyridine rings is 1. The molecular weight excluding hydrogens is 324 g/mol. The summed E-state index contributed by atoms with van der Waals surface area (Å²) in [5.74, 6) is 0.124. The molecule has 1 aromatic heterocycles. The fourth-order valence-electron chi connectivity index (χ4n) is 5.10. The quantitative estimate of drug-likeness (QED) is 0.810. The van der Waals surface area contributed by atoms with E-state index in [1.807, 2.05) is 37.1 Å². The number of likely N-dealkylation sites (tertiary alicyclic amines) is 1. The number of aromatic nitrogens is 1. The molecule has 4 rings (SSSR count). The van der Waals surface area contributed by atoms with Crippen molar-refractivity contribution < 1.29 is 9.53 Å². The van der Waals surface area contributed by atoms with E-state index in [-0.39, 0.29) is 17.4 Å². The van der Waals surface area contributed by atoms with E-state index >= 15 is 0 Å². The van der Waals surface area contributed by atoms with Gasteiger partial charge in [0.1, 0.15) is 0 Å². The molecule has 0 radical (unpaired) electrons. The predicted molar refractivity (Wildman–Crippen MR) is 103 cm³/mol. The highest BCUT2D eigenvalue weighted by Crippen LogP contribution is 2.46. The van der Waals surface area contributed by atoms with Crippen LogP contribution < -0.4 is 0 Å². The number of methoxy groups -OCH3 is 1. The summed E-state index contributed by atoms with van der Waals surface area (Å²) in [5.41, 5.74) is 3.86. The molecule has 1 amide bonds. The minimum atomic E-state index is 0.124. The number of hydrogen-bond donors (Lipinski definition) is 0. The lowest BCUT2D eigenvalue weighted by molar-refractivity contribution is -0.0295. The van der Waals surface area contributed by atoms with E-state index < -0.39 is 0 Å². The number of nitrogens with zero attached hydrogens (tertiary/aromatic N) is 2. The van der Waals surface area contributed by atoms with Crippen molar-refractivity contribution in [1.82, 2.24) is 9.88 Å². The van der Waals surface area contributed by atoms with Gasteiger partial charge in [0, 0.05) is 31.0 Å². The number of aryl methyl sites for hydroxylation is 2. The number of ether oxygens (including phenoxy) is 1. The molecule has 26 heavy (non-hydrogen) atoms. The van der Waals surface area contributed by atoms with Crippen molar-refractivity contribution in [3.63, 3.8) is 0 Å². The molecule has 1 aromatic carbocycles. The smallest absolute Gasteiger partial charge is 0.255 e. The van der Waals surface area contributed by atoms with Crippen LogP contribution in [-0.4, -0.2) is 42.1 Å². The van der Waals surface area contributed by atoms with Crippen LogP contribution in [0.25, 0.3) is 10.9 Å². The van der Waals surface area contributed by atoms with Gasteiger partial charge in [-0.2, -0.15) is 0 Å². The van der Waals surface area contributed by atoms with Gasteiger partial charge < -0.3 is 9.64 Å². The van der Waals surface area contributed by atoms with Crippen molar-refractivity contribution in [3.8, 4) is 0 Å². The van der Waals surface area contributed by atoms with Crippen LogP contribution in [0.15, 0.2) is 24.3 Å². The summed E-state index contributed by atoms with van der Waals surface area (Å²) in [4.78, 5) is 20.1. The van der Waals surface area contributed by atoms with Gasteiger partial charge in [-0.05, 0) is 51.2 Å². The molecule has 2 fully saturated rings. The zero-order valence-corrected chi connectivity index (χ0v) is 16.0. The third kappa shape index (κ3) is 2.81. The molecule has 1 aliphatic carbocycles. The number of piperidine rings is 1. The zero-order chi connectivity index (χ0) is 18.3. The number of rotatable bonds is 2. The number of para-hydroxylation sites is 1. The molecule has 0 N–H and O–H groups in total. The Morgan fingerprint density at radius 2 is 2.08 bits per heavy atom. The van der Waals surface area contributed by atoms with Crippen molar-refractivity contribution in [2.24, 2.45) is 5.41 Å². The number of amides is 1. The van der Waals surface area contributed by atoms with Gasteiger partial charge in [-0.25, -0.2) is 0 Å². The van der Waals surface area contributed by atoms with Crippen LogP contribution in [0.3, 0.4) is 0 Å². The Balaban J connectivity index is 1.65. The first kappa shape index (κ1) is 17.5. The molecule has 2 aromatic rings. The van der Waals surface area contributed by atoms with Crippen LogP contribution in [0.5, 0.6) is 0 Å². The van der Waals surface area contributed by atoms with E-state index in [9.17, 15) is 4.79 Å². The van der Waals surface area contributed by atoms with Gasteiger partial charge in [0.25, 0.3) is 5.91 Å². The minimum absolute atomic E-state index is 0.124. The summed E-state index contributed by atoms with van der Waals surface area (Å²) in [6, 6.07) is 8.16. The van der Waals surface area contributed by atoms with E-state index in [1.165, 1.54) is 19.3 Å². The van der Waals surface area contributed by atoms with Gasteiger partial charge in [-0.1, -0.05) is 24.6 Å². The lowest BCUT2D eigenvalue weighted by Gasteiger charge is -2.43. The van der Waals surface area contributed by atoms with E-state index in [0.717, 1.165) is 53.7 Å². The molecule has 0 unspecified atom stereocenters. The Hall–Kier alpha value is -1.94. The van der Waals surface area contributed by atoms with Crippen LogP contribution in [0, 0.1) is 19.3 Å². The third-order valence-corrected chi connectivity index (χ3v) is 6.47. The second-order valence-corrected chi connectivity index (χ2v) is 8.08. The van der Waals surface area contributed by atoms with E-state index in [1.54, 1.807) is 0 Å². The topological polar surface area (TPSA) is 42.4 Å². The molecule has 2 heterocycles. The largest absolute Gasteiger partial charge is 0.381 e. The predicted octanol–water partition coefficient (Wildman–Crippen LogP) is 4.27. The fourth-order valence-corrected chi connectivity index (χ4v) is 5.10. The molecule has 2 aliphatic rings. The van der Waals surface area contributed by atoms with Gasteiger partial charge in [0.05, 0.1) is 22.9 Å². The van der Waals surface area contributed by atoms with Crippen LogP contribution in [0.4, 0.5) is 0 Å². The standard InChI is InChI=1S/C22H28N2O2/c1-15-7-4-8-17-13-18(16(2)23-20(15)17)21(25)24-12-6-11-22(14-24)10-5-9-19(22)26-3/h4,7-8,13,19H,5-6,9-12,14H2,1-3H3/t19-,22-/m1/s1. The maximum absolute atomic E-state index is 13.3. The fraction of sp³-hybridized carbons (Fsp3) is 0.545. The Bertz CT molecular complexity index is 847. The Morgan fingerprint density at radius 3 is 2.88 bits per heavy atom. The van der Waals surface area contributed by atoms with Gasteiger partial charge in [0.2, 0.25) is 0 Å². The number of benzene rings is 1. The lowest BCUT2D eigenvalue weighted by Crippen LogP contribution is -2.50. The van der Waals surface area contributed by atoms with Crippen LogP contribution in [-0.2, 0) is 4.74 Å². The first-order valence-electron chi connectivity index (χ1n) is 9.73. The van der Waals surface area contributed by atoms with Crippen molar-refractivity contribution in [1.29, 1.82) is 0 Å². The van der Waals surface area contributed by atoms with Crippen LogP contribution >= 0.6 is 0 Å². The highest BCUT2D eigenvalue weighted by molar-refractivity contribution is 5.99. The number of carbonyl (C=O) groups excluding carboxylic acids is 1. The molecular formula is C22H28N2O2. The summed E-state index contributed by atoms with van der Waals surface area (Å²) >= 11 is 0. The normalized spacial score (nSPS) is 26.0. The highest BCUT2D eigenvalue weighted by Gasteiger charge is 2.46. The molecule has 2 atom stereocenters. The summed E-state index contributed by atoms with van der Waals surface area (Å²) in [5, 5.41) is 1.04. The molecule has 4 heteroatoms. The lowest BCUT2D eigenvalue weighted by atomic mass is 9.76. The summed E-state index contributed by atoms with van der Waals surface area (Å²) in [6.07, 6.45) is 6.01. The molecule has 0 bridgehead atoms. The van der Waals surface area contributed by atoms with Crippen molar-refractivity contribution in [2.45, 2.75) is 52.1 Å². The maximum atomic E-state index is 13.3. The second-order valence-electron chi connectivity index (χ2n) is 8.08. The summed E-state index contributed by atoms with van der Waals surface area (Å²) in [6.45, 7) is 5.67. The zero-order valence-electron chi connectivity index (χ0n) is 16.0. The summed E-state index contributed by atoms with van der Waals surface area (Å²) in [7, 11) is 1.82. The molecule has 1 saturated carbocycles. The van der Waals surface area contributed by atoms with Crippen molar-refractivity contribution >= 4 is 16.8 Å². The Labute approximate surface area is 155 Å². The highest BCUT2D eigenvalue weighted by atomic mass is 16.5. The van der Waals surface area contributed by atoms with E-state index in [2.05, 4.69) is 13.0 Å². The van der Waals surface area contributed by atoms with Crippen molar-refractivity contribution in [3.05, 3.63) is 41.1 Å². The maximum Gasteiger partial charge on any atom is 0.255 e. The average Bonchev–Trinajstić information content (AvgIpc) is 3.03.